The Morgan fingerprint density at radius 3 is 2.40 bits per heavy atom. The average molecular weight is 279 g/mol. The summed E-state index contributed by atoms with van der Waals surface area (Å²) < 4.78 is 0. The van der Waals surface area contributed by atoms with Crippen molar-refractivity contribution in [3.05, 3.63) is 36.0 Å². The lowest BCUT2D eigenvalue weighted by Gasteiger charge is -2.04. The van der Waals surface area contributed by atoms with E-state index in [4.69, 9.17) is 15.9 Å². The van der Waals surface area contributed by atoms with Crippen LogP contribution in [0.25, 0.3) is 10.9 Å². The molecule has 0 amide bonds. The van der Waals surface area contributed by atoms with E-state index in [1.807, 2.05) is 30.5 Å². The van der Waals surface area contributed by atoms with Crippen LogP contribution in [0.5, 0.6) is 0 Å². The second-order valence-electron chi connectivity index (χ2n) is 4.11. The average Bonchev–Trinajstić information content (AvgIpc) is 2.83. The summed E-state index contributed by atoms with van der Waals surface area (Å²) in [6, 6.07) is 6.91. The fourth-order valence-electron chi connectivity index (χ4n) is 1.62. The van der Waals surface area contributed by atoms with Crippen molar-refractivity contribution >= 4 is 22.8 Å². The summed E-state index contributed by atoms with van der Waals surface area (Å²) in [5, 5.41) is 17.4. The van der Waals surface area contributed by atoms with Gasteiger partial charge >= 0.3 is 11.9 Å². The molecule has 1 aromatic heterocycles. The van der Waals surface area contributed by atoms with Gasteiger partial charge in [-0.05, 0) is 11.6 Å². The van der Waals surface area contributed by atoms with E-state index in [1.165, 1.54) is 0 Å². The predicted octanol–water partition coefficient (Wildman–Crippen LogP) is 0.152. The number of aromatic nitrogens is 1. The minimum atomic E-state index is -0.972. The quantitative estimate of drug-likeness (QED) is 0.539. The molecule has 0 fully saturated rings. The van der Waals surface area contributed by atoms with Crippen molar-refractivity contribution in [2.24, 2.45) is 11.5 Å². The number of hydrogen-bond donors (Lipinski definition) is 5. The Bertz CT molecular complexity index is 594. The fraction of sp³-hybridized carbons (Fsp3) is 0.231. The number of aliphatic carboxylic acids is 2. The van der Waals surface area contributed by atoms with Crippen LogP contribution >= 0.6 is 0 Å². The number of nitrogens with two attached hydrogens (primary N) is 2. The first-order valence-electron chi connectivity index (χ1n) is 5.91. The van der Waals surface area contributed by atoms with E-state index in [0.29, 0.717) is 6.42 Å². The van der Waals surface area contributed by atoms with Crippen molar-refractivity contribution < 1.29 is 19.8 Å². The number of carbonyl (C=O) groups is 2. The third kappa shape index (κ3) is 4.38. The second-order valence-corrected chi connectivity index (χ2v) is 4.11. The number of hydrogen-bond acceptors (Lipinski definition) is 4. The van der Waals surface area contributed by atoms with Crippen LogP contribution in [0.2, 0.25) is 0 Å². The molecule has 0 aliphatic heterocycles. The molecule has 0 unspecified atom stereocenters. The Balaban J connectivity index is 0.000000347. The van der Waals surface area contributed by atoms with E-state index in [0.717, 1.165) is 16.5 Å². The highest BCUT2D eigenvalue weighted by atomic mass is 16.4. The van der Waals surface area contributed by atoms with Gasteiger partial charge in [0, 0.05) is 23.5 Å². The lowest BCUT2D eigenvalue weighted by Crippen LogP contribution is -2.32. The van der Waals surface area contributed by atoms with Gasteiger partial charge in [-0.25, -0.2) is 0 Å². The highest BCUT2D eigenvalue weighted by Crippen LogP contribution is 2.18. The molecule has 0 saturated carbocycles. The van der Waals surface area contributed by atoms with E-state index in [-0.39, 0.29) is 6.54 Å². The van der Waals surface area contributed by atoms with Crippen LogP contribution in [0.3, 0.4) is 0 Å². The summed E-state index contributed by atoms with van der Waals surface area (Å²) in [5.74, 6) is -1.94. The summed E-state index contributed by atoms with van der Waals surface area (Å²) in [5.41, 5.74) is 12.0. The first kappa shape index (κ1) is 15.7. The molecule has 108 valence electrons. The highest BCUT2D eigenvalue weighted by molar-refractivity contribution is 5.84. The van der Waals surface area contributed by atoms with Crippen LogP contribution in [0.4, 0.5) is 0 Å². The summed E-state index contributed by atoms with van der Waals surface area (Å²) >= 11 is 0. The number of nitrogens with one attached hydrogen (secondary N) is 1. The molecule has 7 heteroatoms. The Morgan fingerprint density at radius 1 is 1.25 bits per heavy atom. The normalized spacial score (nSPS) is 11.5. The maximum atomic E-state index is 10.6. The molecule has 7 nitrogen and oxygen atoms in total. The van der Waals surface area contributed by atoms with Gasteiger partial charge in [0.05, 0.1) is 6.54 Å². The van der Waals surface area contributed by atoms with Gasteiger partial charge in [0.25, 0.3) is 0 Å². The van der Waals surface area contributed by atoms with Crippen LogP contribution in [0, 0.1) is 0 Å². The van der Waals surface area contributed by atoms with Gasteiger partial charge < -0.3 is 26.7 Å². The third-order valence-corrected chi connectivity index (χ3v) is 2.61. The van der Waals surface area contributed by atoms with Crippen molar-refractivity contribution in [2.75, 3.05) is 6.54 Å². The molecule has 0 saturated heterocycles. The van der Waals surface area contributed by atoms with Crippen LogP contribution in [-0.2, 0) is 16.0 Å². The lowest BCUT2D eigenvalue weighted by molar-refractivity contribution is -0.138. The van der Waals surface area contributed by atoms with Gasteiger partial charge in [0.15, 0.2) is 0 Å². The summed E-state index contributed by atoms with van der Waals surface area (Å²) in [4.78, 5) is 23.0. The summed E-state index contributed by atoms with van der Waals surface area (Å²) in [6.45, 7) is -0.278. The standard InChI is InChI=1S/C11H12N2O2.C2H5NO2/c12-9(11(14)15)5-7-6-13-10-4-2-1-3-8(7)10;3-1-2(4)5/h1-4,6,9,13H,5,12H2,(H,14,15);1,3H2,(H,4,5)/t9-;/m0./s1. The van der Waals surface area contributed by atoms with Gasteiger partial charge in [0.1, 0.15) is 6.04 Å². The lowest BCUT2D eigenvalue weighted by atomic mass is 10.1. The smallest absolute Gasteiger partial charge is 0.320 e. The molecule has 0 radical (unpaired) electrons. The van der Waals surface area contributed by atoms with Crippen molar-refractivity contribution in [3.8, 4) is 0 Å². The fourth-order valence-corrected chi connectivity index (χ4v) is 1.62. The molecular weight excluding hydrogens is 262 g/mol. The number of para-hydroxylation sites is 1. The maximum absolute atomic E-state index is 10.6. The summed E-state index contributed by atoms with van der Waals surface area (Å²) in [7, 11) is 0. The van der Waals surface area contributed by atoms with Gasteiger partial charge in [-0.3, -0.25) is 9.59 Å². The first-order chi connectivity index (χ1) is 9.45. The van der Waals surface area contributed by atoms with Crippen molar-refractivity contribution in [1.29, 1.82) is 0 Å². The van der Waals surface area contributed by atoms with E-state index in [1.54, 1.807) is 0 Å². The third-order valence-electron chi connectivity index (χ3n) is 2.61. The largest absolute Gasteiger partial charge is 0.480 e. The minimum absolute atomic E-state index is 0.278. The van der Waals surface area contributed by atoms with E-state index < -0.39 is 18.0 Å². The Kier molecular flexibility index (Phi) is 5.70. The zero-order valence-electron chi connectivity index (χ0n) is 10.7. The topological polar surface area (TPSA) is 142 Å². The molecule has 0 spiro atoms. The van der Waals surface area contributed by atoms with E-state index in [9.17, 15) is 9.59 Å². The molecule has 0 aliphatic carbocycles. The molecule has 1 heterocycles. The maximum Gasteiger partial charge on any atom is 0.320 e. The van der Waals surface area contributed by atoms with E-state index >= 15 is 0 Å². The molecule has 1 atom stereocenters. The number of carboxylic acids is 2. The van der Waals surface area contributed by atoms with Crippen LogP contribution in [-0.4, -0.2) is 39.7 Å². The number of H-pyrrole nitrogens is 1. The first-order valence-corrected chi connectivity index (χ1v) is 5.91. The molecule has 20 heavy (non-hydrogen) atoms. The van der Waals surface area contributed by atoms with Gasteiger partial charge in [-0.2, -0.15) is 0 Å². The van der Waals surface area contributed by atoms with Gasteiger partial charge in [-0.15, -0.1) is 0 Å². The molecule has 7 N–H and O–H groups in total. The number of fused-ring (bicyclic) bond motifs is 1. The van der Waals surface area contributed by atoms with Crippen LogP contribution in [0.1, 0.15) is 5.56 Å². The summed E-state index contributed by atoms with van der Waals surface area (Å²) in [6.07, 6.45) is 2.16. The van der Waals surface area contributed by atoms with E-state index in [2.05, 4.69) is 10.7 Å². The minimum Gasteiger partial charge on any atom is -0.480 e. The van der Waals surface area contributed by atoms with Crippen LogP contribution < -0.4 is 11.5 Å². The molecule has 0 bridgehead atoms. The Labute approximate surface area is 115 Å². The SMILES string of the molecule is NCC(=O)O.N[C@@H](Cc1c[nH]c2ccccc12)C(=O)O. The molecular formula is C13H17N3O4. The zero-order chi connectivity index (χ0) is 15.1. The molecule has 0 aliphatic rings. The monoisotopic (exact) mass is 279 g/mol. The van der Waals surface area contributed by atoms with Crippen LogP contribution in [0.15, 0.2) is 30.5 Å². The van der Waals surface area contributed by atoms with Gasteiger partial charge in [0.2, 0.25) is 0 Å². The Morgan fingerprint density at radius 2 is 1.85 bits per heavy atom. The number of aromatic amines is 1. The molecule has 1 aromatic carbocycles. The highest BCUT2D eigenvalue weighted by Gasteiger charge is 2.14. The van der Waals surface area contributed by atoms with Crippen molar-refractivity contribution in [1.82, 2.24) is 4.98 Å². The zero-order valence-corrected chi connectivity index (χ0v) is 10.7. The molecule has 2 aromatic rings. The van der Waals surface area contributed by atoms with Gasteiger partial charge in [-0.1, -0.05) is 18.2 Å². The van der Waals surface area contributed by atoms with Crippen molar-refractivity contribution in [2.45, 2.75) is 12.5 Å². The number of carboxylic acid groups (broad SMARTS) is 2. The Hall–Kier alpha value is -2.38. The van der Waals surface area contributed by atoms with Crippen molar-refractivity contribution in [3.63, 3.8) is 0 Å². The second kappa shape index (κ2) is 7.27. The predicted molar refractivity (Wildman–Crippen MR) is 74.3 cm³/mol. The molecule has 2 rings (SSSR count). The number of rotatable bonds is 4. The number of benzene rings is 1.